The molecule has 2 rings (SSSR count). The van der Waals surface area contributed by atoms with Crippen LogP contribution in [0.25, 0.3) is 11.1 Å². The van der Waals surface area contributed by atoms with Crippen molar-refractivity contribution >= 4 is 21.7 Å². The fraction of sp³-hybridized carbons (Fsp3) is 0.824. The maximum Gasteiger partial charge on any atom is 0.419 e. The highest BCUT2D eigenvalue weighted by Crippen LogP contribution is 2.46. The number of hydrogen-bond donors (Lipinski definition) is 0. The number of benzene rings is 2. The monoisotopic (exact) mass is 1200 g/mol. The Bertz CT molecular complexity index is 1790. The molecule has 0 saturated heterocycles. The Morgan fingerprint density at radius 3 is 0.951 bits per heavy atom. The third kappa shape index (κ3) is 29.7. The molecule has 0 bridgehead atoms. The number of hydrogen-bond acceptors (Lipinski definition) is 0. The zero-order chi connectivity index (χ0) is 61.9. The summed E-state index contributed by atoms with van der Waals surface area (Å²) in [5.74, 6) is -13.6. The minimum Gasteiger partial charge on any atom is -0.203 e. The van der Waals surface area contributed by atoms with Crippen molar-refractivity contribution in [1.82, 2.24) is 0 Å². The first-order valence-corrected chi connectivity index (χ1v) is 38.0. The van der Waals surface area contributed by atoms with E-state index in [4.69, 9.17) is 0 Å². The predicted molar refractivity (Wildman–Crippen MR) is 333 cm³/mol. The highest BCUT2D eigenvalue weighted by atomic mass is 31.1. The molecule has 0 amide bonds. The van der Waals surface area contributed by atoms with Gasteiger partial charge < -0.3 is 0 Å². The van der Waals surface area contributed by atoms with Gasteiger partial charge >= 0.3 is 6.18 Å². The highest BCUT2D eigenvalue weighted by molar-refractivity contribution is 7.37. The second-order valence-corrected chi connectivity index (χ2v) is 32.8. The molecule has 0 fully saturated rings. The van der Waals surface area contributed by atoms with Crippen LogP contribution in [0.1, 0.15) is 275 Å². The van der Waals surface area contributed by atoms with E-state index in [1.54, 1.807) is 33.5 Å². The van der Waals surface area contributed by atoms with Crippen LogP contribution in [0.5, 0.6) is 0 Å². The summed E-state index contributed by atoms with van der Waals surface area (Å²) >= 11 is -1.85. The summed E-state index contributed by atoms with van der Waals surface area (Å²) in [6, 6.07) is 0. The largest absolute Gasteiger partial charge is 0.419 e. The van der Waals surface area contributed by atoms with Gasteiger partial charge in [0.2, 0.25) is 5.82 Å². The maximum atomic E-state index is 13.8. The third-order valence-electron chi connectivity index (χ3n) is 18.3. The lowest BCUT2D eigenvalue weighted by Crippen LogP contribution is -2.41. The smallest absolute Gasteiger partial charge is 0.203 e. The first-order valence-electron chi connectivity index (χ1n) is 33.1. The molecule has 0 N–H and O–H groups in total. The molecule has 9 unspecified atom stereocenters. The lowest BCUT2D eigenvalue weighted by molar-refractivity contribution is -0.139. The zero-order valence-corrected chi connectivity index (χ0v) is 56.4. The molecule has 0 aromatic heterocycles. The molecule has 2 aromatic carbocycles. The molecule has 0 spiro atoms. The maximum absolute atomic E-state index is 13.8. The van der Waals surface area contributed by atoms with E-state index in [1.807, 2.05) is 0 Å². The van der Waals surface area contributed by atoms with Crippen LogP contribution >= 0.6 is 8.58 Å². The quantitative estimate of drug-likeness (QED) is 0.0155. The van der Waals surface area contributed by atoms with Crippen molar-refractivity contribution in [2.24, 2.45) is 47.3 Å². The van der Waals surface area contributed by atoms with Crippen molar-refractivity contribution in [1.29, 1.82) is 0 Å². The van der Waals surface area contributed by atoms with Gasteiger partial charge in [0.25, 0.3) is 0 Å². The topological polar surface area (TPSA) is 0 Å². The SMILES string of the molecule is CCCC(CC)CCC(C)[CH2][Al-]([CH2]C(C)CCC(CC)CCC)([CH2]C(C)CCC(CC)CCC)[CH2]C(C)CCC(CC)CCC.CCCCCC[PH2+]CCCC.Cc1c(F)c(F)c(F)c(C(F)(F)F)c1-c1c(F)c(F)c(F)c(F)c1F. The van der Waals surface area contributed by atoms with Crippen LogP contribution in [0, 0.1) is 101 Å². The van der Waals surface area contributed by atoms with Gasteiger partial charge in [-0.15, -0.1) is 0 Å². The molecule has 476 valence electrons. The van der Waals surface area contributed by atoms with Gasteiger partial charge in [0.15, 0.2) is 40.7 Å². The van der Waals surface area contributed by atoms with Crippen LogP contribution in [-0.4, -0.2) is 25.4 Å². The van der Waals surface area contributed by atoms with E-state index < -0.39 is 88.0 Å². The Morgan fingerprint density at radius 1 is 0.346 bits per heavy atom. The second-order valence-electron chi connectivity index (χ2n) is 25.7. The average Bonchev–Trinajstić information content (AvgIpc) is 3.42. The van der Waals surface area contributed by atoms with Crippen LogP contribution in [0.15, 0.2) is 0 Å². The molecule has 13 heteroatoms. The minimum absolute atomic E-state index is 0.362. The molecule has 0 heterocycles. The summed E-state index contributed by atoms with van der Waals surface area (Å²) < 4.78 is 146. The van der Waals surface area contributed by atoms with Crippen molar-refractivity contribution < 1.29 is 48.3 Å². The summed E-state index contributed by atoms with van der Waals surface area (Å²) in [6.45, 7) is 35.1. The molecule has 2 aromatic rings. The molecule has 0 radical (unpaired) electrons. The van der Waals surface area contributed by atoms with Crippen LogP contribution in [0.2, 0.25) is 21.1 Å². The van der Waals surface area contributed by atoms with Gasteiger partial charge in [-0.05, 0) is 64.0 Å². The van der Waals surface area contributed by atoms with Gasteiger partial charge in [-0.3, -0.25) is 0 Å². The summed E-state index contributed by atoms with van der Waals surface area (Å²) in [4.78, 5) is 0. The van der Waals surface area contributed by atoms with Crippen LogP contribution in [0.3, 0.4) is 0 Å². The Hall–Kier alpha value is -1.37. The van der Waals surface area contributed by atoms with Crippen molar-refractivity contribution in [3.8, 4) is 11.1 Å². The van der Waals surface area contributed by atoms with E-state index in [0.29, 0.717) is 6.92 Å². The number of alkyl halides is 3. The zero-order valence-electron chi connectivity index (χ0n) is 54.1. The number of rotatable bonds is 41. The summed E-state index contributed by atoms with van der Waals surface area (Å²) in [7, 11) is 0.811. The van der Waals surface area contributed by atoms with Crippen LogP contribution in [-0.2, 0) is 6.18 Å². The van der Waals surface area contributed by atoms with Crippen molar-refractivity contribution in [2.75, 3.05) is 12.3 Å². The first kappa shape index (κ1) is 79.6. The van der Waals surface area contributed by atoms with E-state index in [1.165, 1.54) is 167 Å². The lowest BCUT2D eigenvalue weighted by Gasteiger charge is -2.45. The molecular weight excluding hydrogens is 1080 g/mol. The van der Waals surface area contributed by atoms with E-state index in [-0.39, 0.29) is 0 Å². The first-order chi connectivity index (χ1) is 38.3. The van der Waals surface area contributed by atoms with Crippen LogP contribution in [0.4, 0.5) is 48.3 Å². The fourth-order valence-electron chi connectivity index (χ4n) is 13.8. The van der Waals surface area contributed by atoms with Gasteiger partial charge in [0.05, 0.1) is 17.9 Å². The molecule has 81 heavy (non-hydrogen) atoms. The molecular formula is C68H119AlF11P. The highest BCUT2D eigenvalue weighted by Gasteiger charge is 2.44. The second kappa shape index (κ2) is 44.1. The third-order valence-corrected chi connectivity index (χ3v) is 27.2. The Balaban J connectivity index is 0.00000146. The Kier molecular flexibility index (Phi) is 43.4. The van der Waals surface area contributed by atoms with Crippen molar-refractivity contribution in [2.45, 2.75) is 298 Å². The van der Waals surface area contributed by atoms with Gasteiger partial charge in [-0.2, -0.15) is 34.3 Å². The average molecular weight is 1200 g/mol. The number of halogens is 11. The number of unbranched alkanes of at least 4 members (excludes halogenated alkanes) is 4. The summed E-state index contributed by atoms with van der Waals surface area (Å²) in [5.41, 5.74) is -8.45. The molecule has 0 aliphatic rings. The standard InChI is InChI=1S/C14H3F11.4C11H23.C10H23P.Al/c1-2-3(4-7(16)11(20)13(22)12(21)8(4)17)5(14(23,24)25)9(18)10(19)6(2)15;4*1-5-7-11(6-2)9-8-10(3)4;1-3-5-7-8-10-11-9-6-4-2;/h1H3;4*10-11H,3,5-9H2,1-2,4H3;11H,3-10H2,1-2H3;/q;;;;;;-1/p+1. The van der Waals surface area contributed by atoms with Gasteiger partial charge in [0, 0.05) is 5.56 Å². The minimum atomic E-state index is -5.83. The molecule has 0 saturated carbocycles. The van der Waals surface area contributed by atoms with Gasteiger partial charge in [-0.1, -0.05) is 268 Å². The van der Waals surface area contributed by atoms with E-state index in [9.17, 15) is 48.3 Å². The normalized spacial score (nSPS) is 15.8. The molecule has 0 aliphatic carbocycles. The Morgan fingerprint density at radius 2 is 0.654 bits per heavy atom. The Labute approximate surface area is 494 Å². The van der Waals surface area contributed by atoms with Gasteiger partial charge in [0.1, 0.15) is 18.6 Å². The molecule has 0 nitrogen and oxygen atoms in total. The van der Waals surface area contributed by atoms with Crippen molar-refractivity contribution in [3.63, 3.8) is 0 Å². The summed E-state index contributed by atoms with van der Waals surface area (Å²) in [5, 5.41) is 6.61. The van der Waals surface area contributed by atoms with E-state index in [0.717, 1.165) is 55.9 Å². The van der Waals surface area contributed by atoms with Gasteiger partial charge in [-0.25, -0.2) is 35.1 Å². The van der Waals surface area contributed by atoms with E-state index in [2.05, 4.69) is 96.9 Å². The summed E-state index contributed by atoms with van der Waals surface area (Å²) in [6.07, 6.45) is 34.7. The van der Waals surface area contributed by atoms with E-state index >= 15 is 0 Å². The predicted octanol–water partition coefficient (Wildman–Crippen LogP) is 26.0. The molecule has 9 atom stereocenters. The van der Waals surface area contributed by atoms with Crippen LogP contribution < -0.4 is 0 Å². The fourth-order valence-corrected chi connectivity index (χ4v) is 24.3. The lowest BCUT2D eigenvalue weighted by atomic mass is 9.92. The van der Waals surface area contributed by atoms with Crippen molar-refractivity contribution in [3.05, 3.63) is 57.7 Å². The molecule has 0 aliphatic heterocycles.